The van der Waals surface area contributed by atoms with Crippen LogP contribution in [0.25, 0.3) is 121 Å². The molecule has 0 spiro atoms. The third kappa shape index (κ3) is 5.99. The van der Waals surface area contributed by atoms with Gasteiger partial charge in [-0.3, -0.25) is 0 Å². The third-order valence-corrected chi connectivity index (χ3v) is 12.8. The molecule has 62 heavy (non-hydrogen) atoms. The van der Waals surface area contributed by atoms with E-state index in [9.17, 15) is 0 Å². The number of hydrogen-bond acceptors (Lipinski definition) is 0. The summed E-state index contributed by atoms with van der Waals surface area (Å²) in [7, 11) is 0. The molecule has 0 aliphatic carbocycles. The summed E-state index contributed by atoms with van der Waals surface area (Å²) >= 11 is 0. The minimum atomic E-state index is 1.19. The largest absolute Gasteiger partial charge is 0.0622 e. The van der Waals surface area contributed by atoms with Crippen LogP contribution in [0.2, 0.25) is 0 Å². The fourth-order valence-corrected chi connectivity index (χ4v) is 10.0. The third-order valence-electron chi connectivity index (χ3n) is 12.8. The van der Waals surface area contributed by atoms with E-state index in [0.717, 1.165) is 0 Å². The Labute approximate surface area is 361 Å². The molecule has 0 nitrogen and oxygen atoms in total. The van der Waals surface area contributed by atoms with Gasteiger partial charge in [0, 0.05) is 0 Å². The lowest BCUT2D eigenvalue weighted by atomic mass is 9.84. The van der Waals surface area contributed by atoms with Gasteiger partial charge in [0.15, 0.2) is 0 Å². The smallest absolute Gasteiger partial charge is 0.00262 e. The molecule has 0 N–H and O–H groups in total. The van der Waals surface area contributed by atoms with Gasteiger partial charge in [-0.2, -0.15) is 0 Å². The fraction of sp³-hybridized carbons (Fsp3) is 0. The van der Waals surface area contributed by atoms with Crippen LogP contribution in [0.1, 0.15) is 0 Å². The van der Waals surface area contributed by atoms with E-state index in [1.807, 2.05) is 0 Å². The van der Waals surface area contributed by atoms with E-state index >= 15 is 0 Å². The highest BCUT2D eigenvalue weighted by atomic mass is 14.2. The summed E-state index contributed by atoms with van der Waals surface area (Å²) in [5.41, 5.74) is 14.8. The Bertz CT molecular complexity index is 3570. The van der Waals surface area contributed by atoms with E-state index in [-0.39, 0.29) is 0 Å². The van der Waals surface area contributed by atoms with Gasteiger partial charge in [0.05, 0.1) is 0 Å². The first-order valence-corrected chi connectivity index (χ1v) is 21.5. The van der Waals surface area contributed by atoms with E-state index < -0.39 is 0 Å². The Morgan fingerprint density at radius 2 is 0.419 bits per heavy atom. The normalized spacial score (nSPS) is 11.5. The first-order valence-electron chi connectivity index (χ1n) is 21.5. The zero-order chi connectivity index (χ0) is 41.0. The van der Waals surface area contributed by atoms with Crippen LogP contribution in [0.3, 0.4) is 0 Å². The zero-order valence-corrected chi connectivity index (χ0v) is 34.1. The fourth-order valence-electron chi connectivity index (χ4n) is 10.0. The van der Waals surface area contributed by atoms with Gasteiger partial charge in [-0.05, 0) is 145 Å². The molecule has 0 aliphatic heterocycles. The highest BCUT2D eigenvalue weighted by Gasteiger charge is 2.19. The summed E-state index contributed by atoms with van der Waals surface area (Å²) in [6, 6.07) is 89.3. The maximum absolute atomic E-state index is 2.39. The molecular formula is C62H40. The molecule has 0 bridgehead atoms. The van der Waals surface area contributed by atoms with E-state index in [4.69, 9.17) is 0 Å². The van der Waals surface area contributed by atoms with Gasteiger partial charge in [0.25, 0.3) is 0 Å². The van der Waals surface area contributed by atoms with E-state index in [0.29, 0.717) is 0 Å². The van der Waals surface area contributed by atoms with Crippen LogP contribution in [0.5, 0.6) is 0 Å². The van der Waals surface area contributed by atoms with E-state index in [1.54, 1.807) is 0 Å². The standard InChI is InChI=1S/C62H40/c1-2-18-42(19-3-1)59-51-27-6-8-29-53(51)60(54-30-9-7-28-52(54)59)48-24-14-21-44(38-48)45-22-15-25-49(39-45)61-55-31-10-12-33-57(55)62(58-34-13-11-32-56(58)61)50-26-16-23-46(40-50)47-36-35-41-17-4-5-20-43(41)37-47/h1-40H. The van der Waals surface area contributed by atoms with Crippen molar-refractivity contribution in [2.24, 2.45) is 0 Å². The lowest BCUT2D eigenvalue weighted by molar-refractivity contribution is 1.60. The highest BCUT2D eigenvalue weighted by Crippen LogP contribution is 2.47. The average molecular weight is 785 g/mol. The predicted molar refractivity (Wildman–Crippen MR) is 267 cm³/mol. The van der Waals surface area contributed by atoms with Gasteiger partial charge < -0.3 is 0 Å². The first-order chi connectivity index (χ1) is 30.8. The molecule has 0 atom stereocenters. The van der Waals surface area contributed by atoms with Crippen LogP contribution in [0.15, 0.2) is 243 Å². The maximum atomic E-state index is 2.39. The van der Waals surface area contributed by atoms with Crippen LogP contribution in [-0.4, -0.2) is 0 Å². The minimum absolute atomic E-state index is 1.19. The maximum Gasteiger partial charge on any atom is -0.00262 e. The number of fused-ring (bicyclic) bond motifs is 5. The molecule has 0 aliphatic rings. The van der Waals surface area contributed by atoms with Crippen molar-refractivity contribution >= 4 is 53.9 Å². The van der Waals surface area contributed by atoms with Crippen molar-refractivity contribution in [3.63, 3.8) is 0 Å². The summed E-state index contributed by atoms with van der Waals surface area (Å²) in [4.78, 5) is 0. The van der Waals surface area contributed by atoms with Crippen LogP contribution in [-0.2, 0) is 0 Å². The highest BCUT2D eigenvalue weighted by molar-refractivity contribution is 6.23. The van der Waals surface area contributed by atoms with E-state index in [1.165, 1.54) is 121 Å². The van der Waals surface area contributed by atoms with Gasteiger partial charge in [0.1, 0.15) is 0 Å². The molecule has 288 valence electrons. The predicted octanol–water partition coefficient (Wildman–Crippen LogP) is 17.5. The molecule has 12 aromatic carbocycles. The molecule has 0 saturated heterocycles. The van der Waals surface area contributed by atoms with Gasteiger partial charge in [-0.15, -0.1) is 0 Å². The average Bonchev–Trinajstić information content (AvgIpc) is 3.35. The Morgan fingerprint density at radius 1 is 0.145 bits per heavy atom. The number of rotatable bonds is 6. The van der Waals surface area contributed by atoms with E-state index in [2.05, 4.69) is 243 Å². The van der Waals surface area contributed by atoms with Crippen molar-refractivity contribution in [1.82, 2.24) is 0 Å². The van der Waals surface area contributed by atoms with Crippen molar-refractivity contribution in [1.29, 1.82) is 0 Å². The second-order valence-corrected chi connectivity index (χ2v) is 16.4. The topological polar surface area (TPSA) is 0 Å². The zero-order valence-electron chi connectivity index (χ0n) is 34.1. The monoisotopic (exact) mass is 784 g/mol. The molecule has 0 radical (unpaired) electrons. The molecule has 0 heteroatoms. The van der Waals surface area contributed by atoms with Crippen LogP contribution >= 0.6 is 0 Å². The lowest BCUT2D eigenvalue weighted by Gasteiger charge is -2.19. The molecular weight excluding hydrogens is 745 g/mol. The molecule has 0 unspecified atom stereocenters. The molecule has 0 fully saturated rings. The molecule has 0 aromatic heterocycles. The van der Waals surface area contributed by atoms with Crippen molar-refractivity contribution in [2.75, 3.05) is 0 Å². The van der Waals surface area contributed by atoms with Gasteiger partial charge >= 0.3 is 0 Å². The second-order valence-electron chi connectivity index (χ2n) is 16.4. The molecule has 0 heterocycles. The van der Waals surface area contributed by atoms with Gasteiger partial charge in [-0.25, -0.2) is 0 Å². The lowest BCUT2D eigenvalue weighted by Crippen LogP contribution is -1.92. The SMILES string of the molecule is c1ccc(-c2c3ccccc3c(-c3cccc(-c4cccc(-c5c6ccccc6c(-c6cccc(-c7ccc8ccccc8c7)c6)c6ccccc56)c4)c3)c3ccccc23)cc1. The first kappa shape index (κ1) is 35.8. The molecule has 12 rings (SSSR count). The van der Waals surface area contributed by atoms with Gasteiger partial charge in [-0.1, -0.05) is 218 Å². The summed E-state index contributed by atoms with van der Waals surface area (Å²) in [5.74, 6) is 0. The summed E-state index contributed by atoms with van der Waals surface area (Å²) < 4.78 is 0. The van der Waals surface area contributed by atoms with Crippen molar-refractivity contribution < 1.29 is 0 Å². The van der Waals surface area contributed by atoms with Gasteiger partial charge in [0.2, 0.25) is 0 Å². The molecule has 0 amide bonds. The second kappa shape index (κ2) is 14.9. The van der Waals surface area contributed by atoms with Crippen LogP contribution in [0, 0.1) is 0 Å². The van der Waals surface area contributed by atoms with Crippen LogP contribution < -0.4 is 0 Å². The Kier molecular flexibility index (Phi) is 8.61. The summed E-state index contributed by atoms with van der Waals surface area (Å²) in [6.45, 7) is 0. The Balaban J connectivity index is 1.01. The van der Waals surface area contributed by atoms with Crippen molar-refractivity contribution in [3.8, 4) is 66.8 Å². The Hall–Kier alpha value is -8.06. The summed E-state index contributed by atoms with van der Waals surface area (Å²) in [6.07, 6.45) is 0. The molecule has 0 saturated carbocycles. The quantitative estimate of drug-likeness (QED) is 0.147. The number of hydrogen-bond donors (Lipinski definition) is 0. The van der Waals surface area contributed by atoms with Crippen molar-refractivity contribution in [3.05, 3.63) is 243 Å². The summed E-state index contributed by atoms with van der Waals surface area (Å²) in [5, 5.41) is 12.6. The van der Waals surface area contributed by atoms with Crippen LogP contribution in [0.4, 0.5) is 0 Å². The minimum Gasteiger partial charge on any atom is -0.0622 e. The van der Waals surface area contributed by atoms with Crippen molar-refractivity contribution in [2.45, 2.75) is 0 Å². The number of benzene rings is 12. The molecule has 12 aromatic rings. The Morgan fingerprint density at radius 3 is 0.806 bits per heavy atom.